The van der Waals surface area contributed by atoms with Gasteiger partial charge in [-0.2, -0.15) is 0 Å². The minimum atomic E-state index is 0.631. The van der Waals surface area contributed by atoms with Crippen LogP contribution in [0.15, 0.2) is 17.5 Å². The molecule has 0 radical (unpaired) electrons. The Bertz CT molecular complexity index is 466. The van der Waals surface area contributed by atoms with E-state index < -0.39 is 0 Å². The standard InChI is InChI=1S/C10H10ClNOS/c1-2-13-8-4-3-6(11)10-9(8)7(12)5-14-10/h3-5H,2,12H2,1H3. The van der Waals surface area contributed by atoms with Crippen LogP contribution in [0.25, 0.3) is 10.1 Å². The Balaban J connectivity index is 2.72. The zero-order valence-corrected chi connectivity index (χ0v) is 9.28. The topological polar surface area (TPSA) is 35.2 Å². The summed E-state index contributed by atoms with van der Waals surface area (Å²) in [6, 6.07) is 3.70. The Morgan fingerprint density at radius 3 is 3.00 bits per heavy atom. The highest BCUT2D eigenvalue weighted by atomic mass is 35.5. The van der Waals surface area contributed by atoms with Crippen LogP contribution in [0.2, 0.25) is 5.02 Å². The van der Waals surface area contributed by atoms with Gasteiger partial charge in [0.15, 0.2) is 0 Å². The fourth-order valence-electron chi connectivity index (χ4n) is 1.38. The first-order valence-electron chi connectivity index (χ1n) is 4.32. The first-order chi connectivity index (χ1) is 6.74. The summed E-state index contributed by atoms with van der Waals surface area (Å²) in [6.07, 6.45) is 0. The minimum Gasteiger partial charge on any atom is -0.493 e. The van der Waals surface area contributed by atoms with Crippen LogP contribution in [0.3, 0.4) is 0 Å². The van der Waals surface area contributed by atoms with E-state index in [1.165, 1.54) is 0 Å². The number of hydrogen-bond acceptors (Lipinski definition) is 3. The molecule has 4 heteroatoms. The smallest absolute Gasteiger partial charge is 0.130 e. The molecule has 0 spiro atoms. The van der Waals surface area contributed by atoms with E-state index in [1.807, 2.05) is 24.4 Å². The van der Waals surface area contributed by atoms with Crippen molar-refractivity contribution in [3.63, 3.8) is 0 Å². The third-order valence-corrected chi connectivity index (χ3v) is 3.42. The zero-order valence-electron chi connectivity index (χ0n) is 7.71. The molecular weight excluding hydrogens is 218 g/mol. The molecule has 0 aliphatic heterocycles. The summed E-state index contributed by atoms with van der Waals surface area (Å²) in [5.74, 6) is 0.811. The lowest BCUT2D eigenvalue weighted by Crippen LogP contribution is -1.93. The first kappa shape index (κ1) is 9.62. The Morgan fingerprint density at radius 2 is 2.29 bits per heavy atom. The second kappa shape index (κ2) is 3.67. The van der Waals surface area contributed by atoms with Crippen LogP contribution in [0, 0.1) is 0 Å². The van der Waals surface area contributed by atoms with E-state index in [2.05, 4.69) is 0 Å². The van der Waals surface area contributed by atoms with Crippen molar-refractivity contribution in [1.29, 1.82) is 0 Å². The van der Waals surface area contributed by atoms with Crippen molar-refractivity contribution < 1.29 is 4.74 Å². The van der Waals surface area contributed by atoms with Crippen LogP contribution in [0.1, 0.15) is 6.92 Å². The normalized spacial score (nSPS) is 10.7. The highest BCUT2D eigenvalue weighted by Crippen LogP contribution is 2.39. The summed E-state index contributed by atoms with van der Waals surface area (Å²) >= 11 is 7.59. The van der Waals surface area contributed by atoms with E-state index >= 15 is 0 Å². The highest BCUT2D eigenvalue weighted by Gasteiger charge is 2.10. The van der Waals surface area contributed by atoms with Gasteiger partial charge in [0.05, 0.1) is 27.4 Å². The largest absolute Gasteiger partial charge is 0.493 e. The summed E-state index contributed by atoms with van der Waals surface area (Å²) < 4.78 is 6.48. The third kappa shape index (κ3) is 1.42. The van der Waals surface area contributed by atoms with Gasteiger partial charge in [0.2, 0.25) is 0 Å². The molecule has 0 atom stereocenters. The number of thiophene rings is 1. The Hall–Kier alpha value is -0.930. The average molecular weight is 228 g/mol. The number of anilines is 1. The summed E-state index contributed by atoms with van der Waals surface area (Å²) in [6.45, 7) is 2.58. The van der Waals surface area contributed by atoms with Crippen LogP contribution in [-0.4, -0.2) is 6.61 Å². The molecule has 0 aliphatic rings. The van der Waals surface area contributed by atoms with Gasteiger partial charge in [0.1, 0.15) is 5.75 Å². The summed E-state index contributed by atoms with van der Waals surface area (Å²) in [5.41, 5.74) is 6.58. The van der Waals surface area contributed by atoms with Crippen molar-refractivity contribution in [2.45, 2.75) is 6.92 Å². The molecule has 1 aromatic heterocycles. The van der Waals surface area contributed by atoms with E-state index in [4.69, 9.17) is 22.1 Å². The van der Waals surface area contributed by atoms with Gasteiger partial charge in [-0.25, -0.2) is 0 Å². The lowest BCUT2D eigenvalue weighted by molar-refractivity contribution is 0.344. The monoisotopic (exact) mass is 227 g/mol. The molecule has 2 aromatic rings. The van der Waals surface area contributed by atoms with Crippen molar-refractivity contribution in [3.8, 4) is 5.75 Å². The molecule has 2 nitrogen and oxygen atoms in total. The third-order valence-electron chi connectivity index (χ3n) is 1.96. The second-order valence-corrected chi connectivity index (χ2v) is 4.16. The van der Waals surface area contributed by atoms with Crippen LogP contribution in [0.4, 0.5) is 5.69 Å². The molecule has 0 fully saturated rings. The molecule has 0 amide bonds. The minimum absolute atomic E-state index is 0.631. The average Bonchev–Trinajstić information content (AvgIpc) is 2.55. The lowest BCUT2D eigenvalue weighted by Gasteiger charge is -2.05. The molecule has 14 heavy (non-hydrogen) atoms. The van der Waals surface area contributed by atoms with Gasteiger partial charge >= 0.3 is 0 Å². The van der Waals surface area contributed by atoms with Crippen LogP contribution in [0.5, 0.6) is 5.75 Å². The van der Waals surface area contributed by atoms with E-state index in [9.17, 15) is 0 Å². The molecule has 74 valence electrons. The van der Waals surface area contributed by atoms with E-state index in [-0.39, 0.29) is 0 Å². The number of benzene rings is 1. The number of ether oxygens (including phenoxy) is 1. The fraction of sp³-hybridized carbons (Fsp3) is 0.200. The molecule has 0 saturated heterocycles. The number of rotatable bonds is 2. The van der Waals surface area contributed by atoms with Crippen LogP contribution >= 0.6 is 22.9 Å². The quantitative estimate of drug-likeness (QED) is 0.852. The van der Waals surface area contributed by atoms with Gasteiger partial charge in [-0.15, -0.1) is 11.3 Å². The number of nitrogens with two attached hydrogens (primary N) is 1. The van der Waals surface area contributed by atoms with Gasteiger partial charge < -0.3 is 10.5 Å². The van der Waals surface area contributed by atoms with Crippen LogP contribution in [-0.2, 0) is 0 Å². The van der Waals surface area contributed by atoms with Crippen LogP contribution < -0.4 is 10.5 Å². The number of fused-ring (bicyclic) bond motifs is 1. The van der Waals surface area contributed by atoms with Gasteiger partial charge in [0, 0.05) is 5.38 Å². The maximum Gasteiger partial charge on any atom is 0.130 e. The Labute approximate surface area is 91.2 Å². The van der Waals surface area contributed by atoms with E-state index in [0.717, 1.165) is 26.5 Å². The number of halogens is 1. The van der Waals surface area contributed by atoms with Crippen molar-refractivity contribution in [3.05, 3.63) is 22.5 Å². The molecule has 0 unspecified atom stereocenters. The molecule has 0 aliphatic carbocycles. The molecule has 1 aromatic carbocycles. The van der Waals surface area contributed by atoms with Crippen molar-refractivity contribution in [2.75, 3.05) is 12.3 Å². The lowest BCUT2D eigenvalue weighted by atomic mass is 10.2. The van der Waals surface area contributed by atoms with Crippen molar-refractivity contribution in [2.24, 2.45) is 0 Å². The molecule has 0 bridgehead atoms. The Kier molecular flexibility index (Phi) is 2.52. The highest BCUT2D eigenvalue weighted by molar-refractivity contribution is 7.18. The molecule has 1 heterocycles. The maximum absolute atomic E-state index is 6.04. The number of nitrogen functional groups attached to an aromatic ring is 1. The Morgan fingerprint density at radius 1 is 1.50 bits per heavy atom. The molecule has 2 N–H and O–H groups in total. The van der Waals surface area contributed by atoms with Gasteiger partial charge in [-0.3, -0.25) is 0 Å². The molecular formula is C10H10ClNOS. The fourth-order valence-corrected chi connectivity index (χ4v) is 2.56. The van der Waals surface area contributed by atoms with Crippen molar-refractivity contribution in [1.82, 2.24) is 0 Å². The zero-order chi connectivity index (χ0) is 10.1. The predicted octanol–water partition coefficient (Wildman–Crippen LogP) is 3.54. The summed E-state index contributed by atoms with van der Waals surface area (Å²) in [4.78, 5) is 0. The van der Waals surface area contributed by atoms with Gasteiger partial charge in [0.25, 0.3) is 0 Å². The van der Waals surface area contributed by atoms with Gasteiger partial charge in [-0.05, 0) is 19.1 Å². The van der Waals surface area contributed by atoms with E-state index in [1.54, 1.807) is 11.3 Å². The van der Waals surface area contributed by atoms with Crippen molar-refractivity contribution >= 4 is 38.7 Å². The molecule has 0 saturated carbocycles. The molecule has 2 rings (SSSR count). The van der Waals surface area contributed by atoms with Gasteiger partial charge in [-0.1, -0.05) is 11.6 Å². The number of hydrogen-bond donors (Lipinski definition) is 1. The SMILES string of the molecule is CCOc1ccc(Cl)c2scc(N)c12. The first-order valence-corrected chi connectivity index (χ1v) is 5.57. The second-order valence-electron chi connectivity index (χ2n) is 2.87. The maximum atomic E-state index is 6.04. The predicted molar refractivity (Wildman–Crippen MR) is 62.4 cm³/mol. The van der Waals surface area contributed by atoms with E-state index in [0.29, 0.717) is 6.61 Å². The summed E-state index contributed by atoms with van der Waals surface area (Å²) in [7, 11) is 0. The summed E-state index contributed by atoms with van der Waals surface area (Å²) in [5, 5.41) is 3.55.